The van der Waals surface area contributed by atoms with Crippen molar-refractivity contribution in [2.24, 2.45) is 5.92 Å². The molecule has 3 aliphatic heterocycles. The molecule has 0 radical (unpaired) electrons. The highest BCUT2D eigenvalue weighted by molar-refractivity contribution is 6.33. The van der Waals surface area contributed by atoms with Gasteiger partial charge in [-0.3, -0.25) is 9.47 Å². The summed E-state index contributed by atoms with van der Waals surface area (Å²) in [7, 11) is 0. The molecule has 24 heavy (non-hydrogen) atoms. The van der Waals surface area contributed by atoms with Crippen LogP contribution in [0.5, 0.6) is 0 Å². The Morgan fingerprint density at radius 3 is 2.83 bits per heavy atom. The minimum atomic E-state index is -0.0558. The zero-order valence-corrected chi connectivity index (χ0v) is 14.5. The summed E-state index contributed by atoms with van der Waals surface area (Å²) in [6.07, 6.45) is 6.02. The van der Waals surface area contributed by atoms with Gasteiger partial charge >= 0.3 is 6.03 Å². The molecule has 4 heterocycles. The molecule has 126 valence electrons. The molecule has 1 aromatic carbocycles. The zero-order valence-electron chi connectivity index (χ0n) is 13.8. The van der Waals surface area contributed by atoms with E-state index < -0.39 is 0 Å². The number of benzene rings is 1. The summed E-state index contributed by atoms with van der Waals surface area (Å²) < 4.78 is 1.62. The minimum Gasteiger partial charge on any atom is -0.333 e. The van der Waals surface area contributed by atoms with Crippen LogP contribution in [-0.4, -0.2) is 40.7 Å². The van der Waals surface area contributed by atoms with E-state index in [9.17, 15) is 4.79 Å². The van der Waals surface area contributed by atoms with Crippen LogP contribution in [0, 0.1) is 5.92 Å². The first-order valence-electron chi connectivity index (χ1n) is 8.59. The normalized spacial score (nSPS) is 28.8. The Balaban J connectivity index is 1.47. The van der Waals surface area contributed by atoms with E-state index in [0.29, 0.717) is 17.0 Å². The van der Waals surface area contributed by atoms with E-state index in [1.54, 1.807) is 10.8 Å². The molecule has 0 spiro atoms. The van der Waals surface area contributed by atoms with Crippen molar-refractivity contribution >= 4 is 17.6 Å². The first-order valence-corrected chi connectivity index (χ1v) is 8.97. The highest BCUT2D eigenvalue weighted by atomic mass is 35.5. The Bertz CT molecular complexity index is 757. The van der Waals surface area contributed by atoms with Crippen molar-refractivity contribution in [1.82, 2.24) is 14.8 Å². The van der Waals surface area contributed by atoms with E-state index in [0.717, 1.165) is 17.7 Å². The molecule has 2 bridgehead atoms. The molecular formula is C19H22ClN3O. The number of nitrogens with zero attached hydrogens (tertiary/aromatic N) is 2. The third-order valence-electron chi connectivity index (χ3n) is 5.48. The summed E-state index contributed by atoms with van der Waals surface area (Å²) in [5, 5.41) is 3.91. The van der Waals surface area contributed by atoms with Crippen molar-refractivity contribution in [3.63, 3.8) is 0 Å². The number of carbonyl (C=O) groups is 1. The lowest BCUT2D eigenvalue weighted by molar-refractivity contribution is 0.0322. The number of hydrogen-bond donors (Lipinski definition) is 1. The Hall–Kier alpha value is -1.78. The highest BCUT2D eigenvalue weighted by Crippen LogP contribution is 2.32. The van der Waals surface area contributed by atoms with E-state index in [2.05, 4.69) is 17.1 Å². The largest absolute Gasteiger partial charge is 0.333 e. The average Bonchev–Trinajstić information content (AvgIpc) is 3.06. The van der Waals surface area contributed by atoms with Crippen molar-refractivity contribution in [2.75, 3.05) is 13.1 Å². The maximum absolute atomic E-state index is 12.6. The molecule has 4 nitrogen and oxygen atoms in total. The van der Waals surface area contributed by atoms with Crippen LogP contribution in [-0.2, 0) is 0 Å². The van der Waals surface area contributed by atoms with Crippen molar-refractivity contribution in [1.29, 1.82) is 0 Å². The van der Waals surface area contributed by atoms with Crippen LogP contribution in [0.4, 0.5) is 4.79 Å². The molecule has 1 amide bonds. The van der Waals surface area contributed by atoms with Gasteiger partial charge in [-0.25, -0.2) is 4.79 Å². The van der Waals surface area contributed by atoms with Gasteiger partial charge in [-0.2, -0.15) is 0 Å². The summed E-state index contributed by atoms with van der Waals surface area (Å²) in [6, 6.07) is 10.5. The summed E-state index contributed by atoms with van der Waals surface area (Å²) in [4.78, 5) is 15.1. The molecule has 1 N–H and O–H groups in total. The van der Waals surface area contributed by atoms with Gasteiger partial charge in [0.15, 0.2) is 0 Å². The topological polar surface area (TPSA) is 37.3 Å². The van der Waals surface area contributed by atoms with Crippen molar-refractivity contribution in [3.05, 3.63) is 47.7 Å². The van der Waals surface area contributed by atoms with Gasteiger partial charge in [0.05, 0.1) is 0 Å². The molecule has 3 aliphatic rings. The lowest BCUT2D eigenvalue weighted by Crippen LogP contribution is -2.60. The van der Waals surface area contributed by atoms with Gasteiger partial charge in [0.1, 0.15) is 0 Å². The number of halogens is 1. The number of piperidine rings is 3. The molecule has 2 aromatic rings. The maximum atomic E-state index is 12.6. The van der Waals surface area contributed by atoms with Gasteiger partial charge in [-0.15, -0.1) is 0 Å². The van der Waals surface area contributed by atoms with Gasteiger partial charge in [-0.1, -0.05) is 29.8 Å². The third kappa shape index (κ3) is 2.85. The average molecular weight is 344 g/mol. The predicted molar refractivity (Wildman–Crippen MR) is 96.4 cm³/mol. The summed E-state index contributed by atoms with van der Waals surface area (Å²) in [5.41, 5.74) is 1.90. The fourth-order valence-corrected chi connectivity index (χ4v) is 4.31. The molecule has 4 atom stereocenters. The Morgan fingerprint density at radius 1 is 1.29 bits per heavy atom. The van der Waals surface area contributed by atoms with Gasteiger partial charge < -0.3 is 5.32 Å². The Morgan fingerprint density at radius 2 is 2.12 bits per heavy atom. The monoisotopic (exact) mass is 343 g/mol. The second-order valence-corrected chi connectivity index (χ2v) is 7.38. The lowest BCUT2D eigenvalue weighted by Gasteiger charge is -2.48. The Kier molecular flexibility index (Phi) is 4.10. The van der Waals surface area contributed by atoms with E-state index in [1.165, 1.54) is 19.4 Å². The smallest absolute Gasteiger partial charge is 0.325 e. The van der Waals surface area contributed by atoms with E-state index in [-0.39, 0.29) is 12.1 Å². The highest BCUT2D eigenvalue weighted by Gasteiger charge is 2.38. The van der Waals surface area contributed by atoms with Crippen LogP contribution in [0.2, 0.25) is 5.02 Å². The van der Waals surface area contributed by atoms with Gasteiger partial charge in [0.2, 0.25) is 0 Å². The Labute approximate surface area is 147 Å². The van der Waals surface area contributed by atoms with Crippen LogP contribution in [0.3, 0.4) is 0 Å². The van der Waals surface area contributed by atoms with Crippen LogP contribution in [0.1, 0.15) is 19.8 Å². The van der Waals surface area contributed by atoms with E-state index in [4.69, 9.17) is 11.6 Å². The fraction of sp³-hybridized carbons (Fsp3) is 0.421. The molecule has 0 aliphatic carbocycles. The lowest BCUT2D eigenvalue weighted by atomic mass is 9.80. The van der Waals surface area contributed by atoms with Gasteiger partial charge in [0.25, 0.3) is 0 Å². The quantitative estimate of drug-likeness (QED) is 0.899. The third-order valence-corrected chi connectivity index (χ3v) is 5.81. The van der Waals surface area contributed by atoms with E-state index in [1.807, 2.05) is 36.5 Å². The molecular weight excluding hydrogens is 322 g/mol. The van der Waals surface area contributed by atoms with Crippen molar-refractivity contribution in [3.8, 4) is 11.1 Å². The summed E-state index contributed by atoms with van der Waals surface area (Å²) in [6.45, 7) is 4.42. The summed E-state index contributed by atoms with van der Waals surface area (Å²) in [5.74, 6) is 0.604. The maximum Gasteiger partial charge on any atom is 0.325 e. The number of nitrogens with one attached hydrogen (secondary N) is 1. The number of hydrogen-bond acceptors (Lipinski definition) is 2. The van der Waals surface area contributed by atoms with E-state index >= 15 is 0 Å². The van der Waals surface area contributed by atoms with Crippen LogP contribution >= 0.6 is 11.6 Å². The number of aromatic nitrogens is 1. The SMILES string of the molecule is CC1CC2CCN1C[C@@H]2NC(=O)n1ccc(-c2ccccc2Cl)c1. The first-order chi connectivity index (χ1) is 11.6. The number of rotatable bonds is 2. The van der Waals surface area contributed by atoms with Crippen LogP contribution in [0.25, 0.3) is 11.1 Å². The van der Waals surface area contributed by atoms with Crippen molar-refractivity contribution in [2.45, 2.75) is 31.8 Å². The van der Waals surface area contributed by atoms with Crippen LogP contribution < -0.4 is 5.32 Å². The molecule has 3 unspecified atom stereocenters. The van der Waals surface area contributed by atoms with Crippen molar-refractivity contribution < 1.29 is 4.79 Å². The second-order valence-electron chi connectivity index (χ2n) is 6.97. The van der Waals surface area contributed by atoms with Gasteiger partial charge in [0, 0.05) is 47.2 Å². The predicted octanol–water partition coefficient (Wildman–Crippen LogP) is 3.85. The molecule has 5 heteroatoms. The number of carbonyl (C=O) groups excluding carboxylic acids is 1. The molecule has 5 rings (SSSR count). The summed E-state index contributed by atoms with van der Waals surface area (Å²) >= 11 is 6.24. The van der Waals surface area contributed by atoms with Crippen LogP contribution in [0.15, 0.2) is 42.7 Å². The second kappa shape index (κ2) is 6.26. The molecule has 3 saturated heterocycles. The minimum absolute atomic E-state index is 0.0558. The van der Waals surface area contributed by atoms with Gasteiger partial charge in [-0.05, 0) is 44.4 Å². The number of fused-ring (bicyclic) bond motifs is 3. The fourth-order valence-electron chi connectivity index (χ4n) is 4.07. The molecule has 3 fully saturated rings. The molecule has 0 saturated carbocycles. The molecule has 1 aromatic heterocycles. The number of amides is 1. The first kappa shape index (κ1) is 15.7. The zero-order chi connectivity index (χ0) is 16.7. The standard InChI is InChI=1S/C19H22ClN3O/c1-13-10-14-6-8-22(13)12-18(14)21-19(24)23-9-7-15(11-23)16-4-2-3-5-17(16)20/h2-5,7,9,11,13-14,18H,6,8,10,12H2,1H3,(H,21,24)/t13?,14?,18-/m0/s1.